The summed E-state index contributed by atoms with van der Waals surface area (Å²) in [6.45, 7) is 10.6. The first kappa shape index (κ1) is 25.3. The van der Waals surface area contributed by atoms with Crippen molar-refractivity contribution in [3.05, 3.63) is 64.2 Å². The van der Waals surface area contributed by atoms with Gasteiger partial charge in [0, 0.05) is 24.2 Å². The van der Waals surface area contributed by atoms with Crippen LogP contribution in [-0.2, 0) is 9.53 Å². The van der Waals surface area contributed by atoms with Gasteiger partial charge in [0.1, 0.15) is 12.1 Å². The van der Waals surface area contributed by atoms with Crippen molar-refractivity contribution >= 4 is 23.6 Å². The van der Waals surface area contributed by atoms with Crippen LogP contribution in [0.5, 0.6) is 0 Å². The average Bonchev–Trinajstić information content (AvgIpc) is 3.15. The number of anilines is 1. The van der Waals surface area contributed by atoms with Crippen LogP contribution in [0.25, 0.3) is 0 Å². The third kappa shape index (κ3) is 6.59. The van der Waals surface area contributed by atoms with Gasteiger partial charge in [0.2, 0.25) is 5.91 Å². The van der Waals surface area contributed by atoms with Crippen molar-refractivity contribution in [1.29, 1.82) is 0 Å². The molecule has 0 spiro atoms. The standard InChI is InChI=1S/C27H35N3O4/c1-6-7-8-28-25(31)24-15-23(34-27(33)29-22-13-19(4)10-20(5)14-22)16-30(24)26(32)21-11-17(2)9-18(3)12-21/h9-14,23-24H,6-8,15-16H2,1-5H3,(H,28,31)(H,29,33)/t23-,24+/m1/s1. The summed E-state index contributed by atoms with van der Waals surface area (Å²) >= 11 is 0. The highest BCUT2D eigenvalue weighted by molar-refractivity contribution is 5.98. The van der Waals surface area contributed by atoms with Gasteiger partial charge in [-0.25, -0.2) is 4.79 Å². The number of rotatable bonds is 7. The van der Waals surface area contributed by atoms with E-state index in [2.05, 4.69) is 17.6 Å². The Morgan fingerprint density at radius 3 is 2.12 bits per heavy atom. The van der Waals surface area contributed by atoms with Crippen molar-refractivity contribution in [3.63, 3.8) is 0 Å². The molecule has 3 rings (SSSR count). The number of likely N-dealkylation sites (tertiary alicyclic amines) is 1. The van der Waals surface area contributed by atoms with E-state index in [4.69, 9.17) is 4.74 Å². The normalized spacial score (nSPS) is 17.4. The Hall–Kier alpha value is -3.35. The Kier molecular flexibility index (Phi) is 8.31. The second kappa shape index (κ2) is 11.2. The number of unbranched alkanes of at least 4 members (excludes halogenated alkanes) is 1. The highest BCUT2D eigenvalue weighted by Gasteiger charge is 2.41. The van der Waals surface area contributed by atoms with Gasteiger partial charge in [-0.2, -0.15) is 0 Å². The van der Waals surface area contributed by atoms with Crippen molar-refractivity contribution in [2.45, 2.75) is 66.0 Å². The number of nitrogens with one attached hydrogen (secondary N) is 2. The lowest BCUT2D eigenvalue weighted by atomic mass is 10.1. The molecule has 2 aromatic carbocycles. The third-order valence-electron chi connectivity index (χ3n) is 5.87. The summed E-state index contributed by atoms with van der Waals surface area (Å²) in [6, 6.07) is 10.7. The highest BCUT2D eigenvalue weighted by atomic mass is 16.6. The van der Waals surface area contributed by atoms with Crippen LogP contribution in [0.2, 0.25) is 0 Å². The summed E-state index contributed by atoms with van der Waals surface area (Å²) in [4.78, 5) is 40.4. The van der Waals surface area contributed by atoms with Gasteiger partial charge in [0.05, 0.1) is 6.54 Å². The van der Waals surface area contributed by atoms with Gasteiger partial charge in [-0.05, 0) is 69.5 Å². The minimum atomic E-state index is -0.691. The fourth-order valence-electron chi connectivity index (χ4n) is 4.47. The molecule has 0 bridgehead atoms. The van der Waals surface area contributed by atoms with E-state index in [1.807, 2.05) is 64.1 Å². The maximum absolute atomic E-state index is 13.4. The second-order valence-corrected chi connectivity index (χ2v) is 9.26. The molecule has 182 valence electrons. The number of amides is 3. The first-order valence-corrected chi connectivity index (χ1v) is 11.9. The summed E-state index contributed by atoms with van der Waals surface area (Å²) < 4.78 is 5.64. The molecule has 7 nitrogen and oxygen atoms in total. The summed E-state index contributed by atoms with van der Waals surface area (Å²) in [5, 5.41) is 5.68. The lowest BCUT2D eigenvalue weighted by molar-refractivity contribution is -0.124. The van der Waals surface area contributed by atoms with Crippen molar-refractivity contribution in [1.82, 2.24) is 10.2 Å². The molecule has 3 amide bonds. The van der Waals surface area contributed by atoms with E-state index < -0.39 is 18.2 Å². The number of hydrogen-bond acceptors (Lipinski definition) is 4. The quantitative estimate of drug-likeness (QED) is 0.582. The predicted octanol–water partition coefficient (Wildman–Crippen LogP) is 4.67. The van der Waals surface area contributed by atoms with Crippen LogP contribution < -0.4 is 10.6 Å². The fraction of sp³-hybridized carbons (Fsp3) is 0.444. The maximum atomic E-state index is 13.4. The first-order valence-electron chi connectivity index (χ1n) is 11.9. The molecule has 0 radical (unpaired) electrons. The van der Waals surface area contributed by atoms with Crippen LogP contribution in [0.3, 0.4) is 0 Å². The summed E-state index contributed by atoms with van der Waals surface area (Å²) in [7, 11) is 0. The van der Waals surface area contributed by atoms with Gasteiger partial charge in [-0.1, -0.05) is 36.6 Å². The van der Waals surface area contributed by atoms with Gasteiger partial charge < -0.3 is 15.0 Å². The fourth-order valence-corrected chi connectivity index (χ4v) is 4.47. The zero-order valence-corrected chi connectivity index (χ0v) is 20.7. The molecule has 2 atom stereocenters. The average molecular weight is 466 g/mol. The van der Waals surface area contributed by atoms with Crippen molar-refractivity contribution in [2.75, 3.05) is 18.4 Å². The van der Waals surface area contributed by atoms with Gasteiger partial charge >= 0.3 is 6.09 Å². The minimum absolute atomic E-state index is 0.165. The number of nitrogens with zero attached hydrogens (tertiary/aromatic N) is 1. The third-order valence-corrected chi connectivity index (χ3v) is 5.87. The van der Waals surface area contributed by atoms with Gasteiger partial charge in [-0.3, -0.25) is 14.9 Å². The SMILES string of the molecule is CCCCNC(=O)[C@@H]1C[C@@H](OC(=O)Nc2cc(C)cc(C)c2)CN1C(=O)c1cc(C)cc(C)c1. The molecular weight excluding hydrogens is 430 g/mol. The Bertz CT molecular complexity index is 1030. The summed E-state index contributed by atoms with van der Waals surface area (Å²) in [5.41, 5.74) is 5.20. The summed E-state index contributed by atoms with van der Waals surface area (Å²) in [5.74, 6) is -0.449. The lowest BCUT2D eigenvalue weighted by Gasteiger charge is -2.24. The van der Waals surface area contributed by atoms with Crippen LogP contribution in [0.4, 0.5) is 10.5 Å². The Morgan fingerprint density at radius 2 is 1.53 bits per heavy atom. The molecular formula is C27H35N3O4. The molecule has 0 aromatic heterocycles. The smallest absolute Gasteiger partial charge is 0.411 e. The molecule has 1 aliphatic rings. The lowest BCUT2D eigenvalue weighted by Crippen LogP contribution is -2.46. The van der Waals surface area contributed by atoms with Gasteiger partial charge in [0.15, 0.2) is 0 Å². The van der Waals surface area contributed by atoms with Crippen LogP contribution in [0.15, 0.2) is 36.4 Å². The molecule has 1 aliphatic heterocycles. The number of aryl methyl sites for hydroxylation is 4. The number of carbonyl (C=O) groups excluding carboxylic acids is 3. The molecule has 1 saturated heterocycles. The molecule has 7 heteroatoms. The van der Waals surface area contributed by atoms with Crippen molar-refractivity contribution in [3.8, 4) is 0 Å². The van der Waals surface area contributed by atoms with Gasteiger partial charge in [-0.15, -0.1) is 0 Å². The largest absolute Gasteiger partial charge is 0.444 e. The minimum Gasteiger partial charge on any atom is -0.444 e. The van der Waals surface area contributed by atoms with Gasteiger partial charge in [0.25, 0.3) is 5.91 Å². The number of benzene rings is 2. The van der Waals surface area contributed by atoms with Crippen LogP contribution in [0, 0.1) is 27.7 Å². The van der Waals surface area contributed by atoms with E-state index in [0.717, 1.165) is 35.1 Å². The zero-order chi connectivity index (χ0) is 24.8. The first-order chi connectivity index (χ1) is 16.2. The Balaban J connectivity index is 1.74. The molecule has 2 N–H and O–H groups in total. The van der Waals surface area contributed by atoms with E-state index in [0.29, 0.717) is 17.8 Å². The number of carbonyl (C=O) groups is 3. The van der Waals surface area contributed by atoms with E-state index in [1.165, 1.54) is 4.90 Å². The molecule has 0 unspecified atom stereocenters. The van der Waals surface area contributed by atoms with Crippen molar-refractivity contribution < 1.29 is 19.1 Å². The van der Waals surface area contributed by atoms with E-state index in [9.17, 15) is 14.4 Å². The van der Waals surface area contributed by atoms with E-state index >= 15 is 0 Å². The van der Waals surface area contributed by atoms with Crippen LogP contribution >= 0.6 is 0 Å². The molecule has 0 saturated carbocycles. The highest BCUT2D eigenvalue weighted by Crippen LogP contribution is 2.25. The Labute approximate surface area is 201 Å². The number of hydrogen-bond donors (Lipinski definition) is 2. The second-order valence-electron chi connectivity index (χ2n) is 9.26. The molecule has 34 heavy (non-hydrogen) atoms. The Morgan fingerprint density at radius 1 is 0.941 bits per heavy atom. The van der Waals surface area contributed by atoms with Crippen molar-refractivity contribution in [2.24, 2.45) is 0 Å². The zero-order valence-electron chi connectivity index (χ0n) is 20.7. The van der Waals surface area contributed by atoms with Crippen LogP contribution in [0.1, 0.15) is 58.8 Å². The maximum Gasteiger partial charge on any atom is 0.411 e. The monoisotopic (exact) mass is 465 g/mol. The molecule has 0 aliphatic carbocycles. The molecule has 1 fully saturated rings. The van der Waals surface area contributed by atoms with E-state index in [1.54, 1.807) is 0 Å². The van der Waals surface area contributed by atoms with Crippen LogP contribution in [-0.4, -0.2) is 48.0 Å². The summed E-state index contributed by atoms with van der Waals surface area (Å²) in [6.07, 6.45) is 0.903. The molecule has 1 heterocycles. The topological polar surface area (TPSA) is 87.7 Å². The molecule has 2 aromatic rings. The van der Waals surface area contributed by atoms with E-state index in [-0.39, 0.29) is 24.8 Å². The number of ether oxygens (including phenoxy) is 1. The predicted molar refractivity (Wildman–Crippen MR) is 133 cm³/mol.